The van der Waals surface area contributed by atoms with Crippen molar-refractivity contribution in [3.8, 4) is 0 Å². The maximum absolute atomic E-state index is 12.3. The number of hydrogen-bond acceptors (Lipinski definition) is 5. The van der Waals surface area contributed by atoms with Crippen LogP contribution in [-0.2, 0) is 9.47 Å². The molecule has 2 aromatic heterocycles. The molecule has 0 spiro atoms. The first-order valence-electron chi connectivity index (χ1n) is 9.91. The molecule has 4 heterocycles. The highest BCUT2D eigenvalue weighted by molar-refractivity contribution is 5.91. The minimum absolute atomic E-state index is 0.368. The van der Waals surface area contributed by atoms with Crippen LogP contribution in [0.5, 0.6) is 0 Å². The van der Waals surface area contributed by atoms with E-state index in [1.165, 1.54) is 4.90 Å². The lowest BCUT2D eigenvalue weighted by molar-refractivity contribution is 0.0400. The predicted octanol–water partition coefficient (Wildman–Crippen LogP) is 4.51. The van der Waals surface area contributed by atoms with E-state index in [0.717, 1.165) is 48.5 Å². The van der Waals surface area contributed by atoms with Gasteiger partial charge in [-0.2, -0.15) is 0 Å². The first-order valence-corrected chi connectivity index (χ1v) is 9.91. The summed E-state index contributed by atoms with van der Waals surface area (Å²) in [5, 5.41) is 0. The number of carbonyl (C=O) groups is 1. The lowest BCUT2D eigenvalue weighted by atomic mass is 10.00. The maximum atomic E-state index is 12.3. The zero-order valence-electron chi connectivity index (χ0n) is 17.0. The van der Waals surface area contributed by atoms with Crippen molar-refractivity contribution in [1.82, 2.24) is 19.9 Å². The fraction of sp³-hybridized carbons (Fsp3) is 0.409. The van der Waals surface area contributed by atoms with Crippen LogP contribution in [0.3, 0.4) is 0 Å². The van der Waals surface area contributed by atoms with Crippen LogP contribution in [-0.4, -0.2) is 44.8 Å². The number of nitrogens with one attached hydrogen (secondary N) is 1. The Hall–Kier alpha value is -2.93. The normalized spacial score (nSPS) is 18.0. The average Bonchev–Trinajstić information content (AvgIpc) is 2.97. The van der Waals surface area contributed by atoms with Gasteiger partial charge in [-0.15, -0.1) is 0 Å². The van der Waals surface area contributed by atoms with Crippen LogP contribution in [0.15, 0.2) is 42.9 Å². The van der Waals surface area contributed by atoms with E-state index in [-0.39, 0.29) is 0 Å². The van der Waals surface area contributed by atoms with Crippen LogP contribution in [0, 0.1) is 0 Å². The molecule has 7 nitrogen and oxygen atoms in total. The number of hydrogen-bond donors (Lipinski definition) is 1. The third-order valence-electron chi connectivity index (χ3n) is 4.87. The molecule has 0 aromatic carbocycles. The molecule has 1 amide bonds. The highest BCUT2D eigenvalue weighted by Crippen LogP contribution is 2.30. The van der Waals surface area contributed by atoms with E-state index in [0.29, 0.717) is 11.6 Å². The summed E-state index contributed by atoms with van der Waals surface area (Å²) in [6.07, 6.45) is 12.4. The van der Waals surface area contributed by atoms with Crippen LogP contribution in [0.1, 0.15) is 50.9 Å². The molecule has 4 rings (SSSR count). The van der Waals surface area contributed by atoms with Crippen molar-refractivity contribution in [3.05, 3.63) is 54.3 Å². The number of carbonyl (C=O) groups excluding carboxylic acids is 1. The summed E-state index contributed by atoms with van der Waals surface area (Å²) in [6, 6.07) is 1.96. The second kappa shape index (κ2) is 7.83. The minimum atomic E-state index is -0.547. The fourth-order valence-corrected chi connectivity index (χ4v) is 3.45. The summed E-state index contributed by atoms with van der Waals surface area (Å²) in [7, 11) is 0. The number of imidazole rings is 1. The van der Waals surface area contributed by atoms with Gasteiger partial charge < -0.3 is 14.5 Å². The van der Waals surface area contributed by atoms with Gasteiger partial charge in [-0.1, -0.05) is 6.08 Å². The quantitative estimate of drug-likeness (QED) is 0.810. The Morgan fingerprint density at radius 3 is 2.83 bits per heavy atom. The molecule has 2 aliphatic rings. The molecule has 1 fully saturated rings. The van der Waals surface area contributed by atoms with Crippen molar-refractivity contribution in [2.75, 3.05) is 13.2 Å². The predicted molar refractivity (Wildman–Crippen MR) is 111 cm³/mol. The molecule has 7 heteroatoms. The molecule has 1 saturated heterocycles. The molecule has 1 N–H and O–H groups in total. The first kappa shape index (κ1) is 19.4. The van der Waals surface area contributed by atoms with Crippen LogP contribution in [0.2, 0.25) is 0 Å². The van der Waals surface area contributed by atoms with Gasteiger partial charge in [0.2, 0.25) is 0 Å². The van der Waals surface area contributed by atoms with Crippen LogP contribution >= 0.6 is 0 Å². The topological polar surface area (TPSA) is 80.3 Å². The van der Waals surface area contributed by atoms with E-state index >= 15 is 0 Å². The number of aromatic nitrogens is 3. The van der Waals surface area contributed by atoms with Crippen molar-refractivity contribution in [3.63, 3.8) is 0 Å². The van der Waals surface area contributed by atoms with E-state index < -0.39 is 11.7 Å². The Bertz CT molecular complexity index is 991. The monoisotopic (exact) mass is 394 g/mol. The molecule has 0 radical (unpaired) electrons. The molecule has 0 unspecified atom stereocenters. The van der Waals surface area contributed by atoms with E-state index in [4.69, 9.17) is 14.5 Å². The Morgan fingerprint density at radius 1 is 1.28 bits per heavy atom. The van der Waals surface area contributed by atoms with Crippen molar-refractivity contribution >= 4 is 22.8 Å². The number of fused-ring (bicyclic) bond motifs is 1. The molecular formula is C22H26N4O3. The molecule has 29 heavy (non-hydrogen) atoms. The molecule has 0 aliphatic carbocycles. The Labute approximate surface area is 170 Å². The minimum Gasteiger partial charge on any atom is -0.443 e. The van der Waals surface area contributed by atoms with E-state index in [2.05, 4.69) is 9.97 Å². The highest BCUT2D eigenvalue weighted by atomic mass is 16.6. The van der Waals surface area contributed by atoms with Crippen molar-refractivity contribution in [2.45, 2.75) is 45.1 Å². The van der Waals surface area contributed by atoms with Gasteiger partial charge >= 0.3 is 6.09 Å². The highest BCUT2D eigenvalue weighted by Gasteiger charge is 2.22. The first-order chi connectivity index (χ1) is 13.9. The van der Waals surface area contributed by atoms with Crippen LogP contribution in [0.4, 0.5) is 4.79 Å². The molecule has 0 atom stereocenters. The van der Waals surface area contributed by atoms with Crippen molar-refractivity contribution in [2.24, 2.45) is 0 Å². The lowest BCUT2D eigenvalue weighted by Crippen LogP contribution is -2.30. The second-order valence-corrected chi connectivity index (χ2v) is 8.23. The molecule has 2 aromatic rings. The molecular weight excluding hydrogens is 368 g/mol. The Balaban J connectivity index is 1.60. The number of aromatic amines is 1. The van der Waals surface area contributed by atoms with Gasteiger partial charge in [0.05, 0.1) is 5.52 Å². The Morgan fingerprint density at radius 2 is 2.07 bits per heavy atom. The smallest absolute Gasteiger partial charge is 0.418 e. The summed E-state index contributed by atoms with van der Waals surface area (Å²) in [4.78, 5) is 26.4. The zero-order chi connectivity index (χ0) is 20.4. The van der Waals surface area contributed by atoms with Crippen molar-refractivity contribution in [1.29, 1.82) is 0 Å². The van der Waals surface area contributed by atoms with Gasteiger partial charge in [-0.25, -0.2) is 14.8 Å². The summed E-state index contributed by atoms with van der Waals surface area (Å²) < 4.78 is 10.9. The molecule has 0 bridgehead atoms. The fourth-order valence-electron chi connectivity index (χ4n) is 3.45. The van der Waals surface area contributed by atoms with Gasteiger partial charge in [0.25, 0.3) is 0 Å². The van der Waals surface area contributed by atoms with Crippen LogP contribution < -0.4 is 0 Å². The number of ether oxygens (including phenoxy) is 2. The number of H-pyrrole nitrogens is 1. The number of nitrogens with zero attached hydrogens (tertiary/aromatic N) is 3. The van der Waals surface area contributed by atoms with E-state index in [9.17, 15) is 4.79 Å². The summed E-state index contributed by atoms with van der Waals surface area (Å²) in [5.74, 6) is 1.33. The number of allylic oxidation sites excluding steroid dienone is 4. The summed E-state index contributed by atoms with van der Waals surface area (Å²) in [5.41, 5.74) is 3.02. The second-order valence-electron chi connectivity index (χ2n) is 8.23. The molecule has 2 aliphatic heterocycles. The maximum Gasteiger partial charge on any atom is 0.418 e. The number of pyridine rings is 1. The summed E-state index contributed by atoms with van der Waals surface area (Å²) >= 11 is 0. The Kier molecular flexibility index (Phi) is 5.24. The van der Waals surface area contributed by atoms with Gasteiger partial charge in [-0.05, 0) is 57.4 Å². The van der Waals surface area contributed by atoms with E-state index in [1.807, 2.05) is 45.1 Å². The average molecular weight is 394 g/mol. The van der Waals surface area contributed by atoms with Crippen molar-refractivity contribution < 1.29 is 14.3 Å². The summed E-state index contributed by atoms with van der Waals surface area (Å²) in [6.45, 7) is 7.08. The van der Waals surface area contributed by atoms with Gasteiger partial charge in [0, 0.05) is 43.3 Å². The third kappa shape index (κ3) is 4.40. The van der Waals surface area contributed by atoms with Gasteiger partial charge in [0.1, 0.15) is 11.4 Å². The third-order valence-corrected chi connectivity index (χ3v) is 4.87. The van der Waals surface area contributed by atoms with Gasteiger partial charge in [-0.3, -0.25) is 4.90 Å². The largest absolute Gasteiger partial charge is 0.443 e. The SMILES string of the molecule is CC(C)(C)OC(=O)N1C=CC=C(c2ccnc3nc(C4CCOCC4)[nH]c23)C=C1. The lowest BCUT2D eigenvalue weighted by Gasteiger charge is -2.22. The molecule has 0 saturated carbocycles. The number of rotatable bonds is 2. The standard InChI is InChI=1S/C22H26N4O3/c1-22(2,3)29-21(27)26-11-4-5-15(7-12-26)17-6-10-23-20-18(17)24-19(25-20)16-8-13-28-14-9-16/h4-7,10-12,16H,8-9,13-14H2,1-3H3,(H,23,24,25). The number of amides is 1. The van der Waals surface area contributed by atoms with Crippen LogP contribution in [0.25, 0.3) is 16.7 Å². The zero-order valence-corrected chi connectivity index (χ0v) is 17.0. The van der Waals surface area contributed by atoms with E-state index in [1.54, 1.807) is 18.6 Å². The molecule has 152 valence electrons. The van der Waals surface area contributed by atoms with Gasteiger partial charge in [0.15, 0.2) is 5.65 Å².